The average Bonchev–Trinajstić information content (AvgIpc) is 2.21. The Morgan fingerprint density at radius 3 is 1.81 bits per heavy atom. The fraction of sp³-hybridized carbons (Fsp3) is 0.818. The first-order valence-corrected chi connectivity index (χ1v) is 5.72. The normalized spacial score (nSPS) is 10.6. The highest BCUT2D eigenvalue weighted by Crippen LogP contribution is 2.01. The Morgan fingerprint density at radius 1 is 0.938 bits per heavy atom. The van der Waals surface area contributed by atoms with Crippen LogP contribution < -0.4 is 0 Å². The van der Waals surface area contributed by atoms with E-state index in [9.17, 15) is 9.59 Å². The lowest BCUT2D eigenvalue weighted by Gasteiger charge is -2.20. The van der Waals surface area contributed by atoms with Gasteiger partial charge in [-0.05, 0) is 13.0 Å². The van der Waals surface area contributed by atoms with Gasteiger partial charge < -0.3 is 15.1 Å². The Hall–Kier alpha value is -1.10. The van der Waals surface area contributed by atoms with Crippen molar-refractivity contribution in [3.63, 3.8) is 0 Å². The van der Waals surface area contributed by atoms with E-state index in [2.05, 4.69) is 6.92 Å². The molecule has 0 spiro atoms. The highest BCUT2D eigenvalue weighted by molar-refractivity contribution is 5.67. The van der Waals surface area contributed by atoms with E-state index in [1.54, 1.807) is 0 Å². The minimum atomic E-state index is -0.837. The van der Waals surface area contributed by atoms with E-state index in [4.69, 9.17) is 10.2 Å². The quantitative estimate of drug-likeness (QED) is 0.556. The monoisotopic (exact) mass is 231 g/mol. The Labute approximate surface area is 96.1 Å². The molecule has 0 rings (SSSR count). The molecule has 0 saturated carbocycles. The number of carboxylic acid groups (broad SMARTS) is 2. The van der Waals surface area contributed by atoms with Gasteiger partial charge >= 0.3 is 11.9 Å². The summed E-state index contributed by atoms with van der Waals surface area (Å²) in [5.41, 5.74) is 0. The molecule has 0 aromatic rings. The van der Waals surface area contributed by atoms with Crippen LogP contribution in [0.15, 0.2) is 0 Å². The van der Waals surface area contributed by atoms with Gasteiger partial charge in [-0.15, -0.1) is 0 Å². The predicted molar refractivity (Wildman–Crippen MR) is 60.5 cm³/mol. The van der Waals surface area contributed by atoms with Crippen LogP contribution in [0.3, 0.4) is 0 Å². The SMILES string of the molecule is CCCCCN(CCC(=O)O)CCC(=O)O. The van der Waals surface area contributed by atoms with Gasteiger partial charge in [0, 0.05) is 13.1 Å². The molecular formula is C11H21NO4. The lowest BCUT2D eigenvalue weighted by Crippen LogP contribution is -2.29. The Morgan fingerprint density at radius 2 is 1.44 bits per heavy atom. The van der Waals surface area contributed by atoms with Gasteiger partial charge in [0.1, 0.15) is 0 Å². The average molecular weight is 231 g/mol. The van der Waals surface area contributed by atoms with Gasteiger partial charge in [0.25, 0.3) is 0 Å². The number of hydrogen-bond donors (Lipinski definition) is 2. The Kier molecular flexibility index (Phi) is 8.52. The molecule has 2 N–H and O–H groups in total. The van der Waals surface area contributed by atoms with E-state index >= 15 is 0 Å². The molecule has 5 heteroatoms. The second-order valence-corrected chi connectivity index (χ2v) is 3.84. The molecule has 94 valence electrons. The number of unbranched alkanes of at least 4 members (excludes halogenated alkanes) is 2. The standard InChI is InChI=1S/C11H21NO4/c1-2-3-4-7-12(8-5-10(13)14)9-6-11(15)16/h2-9H2,1H3,(H,13,14)(H,15,16). The van der Waals surface area contributed by atoms with Crippen LogP contribution in [0, 0.1) is 0 Å². The first-order valence-electron chi connectivity index (χ1n) is 5.72. The van der Waals surface area contributed by atoms with Crippen LogP contribution in [0.2, 0.25) is 0 Å². The third-order valence-electron chi connectivity index (χ3n) is 2.36. The molecule has 0 atom stereocenters. The van der Waals surface area contributed by atoms with Crippen molar-refractivity contribution in [1.29, 1.82) is 0 Å². The molecule has 0 radical (unpaired) electrons. The molecule has 0 fully saturated rings. The summed E-state index contributed by atoms with van der Waals surface area (Å²) in [6.07, 6.45) is 3.34. The maximum atomic E-state index is 10.4. The summed E-state index contributed by atoms with van der Waals surface area (Å²) in [4.78, 5) is 22.8. The van der Waals surface area contributed by atoms with Gasteiger partial charge in [-0.25, -0.2) is 0 Å². The van der Waals surface area contributed by atoms with Crippen molar-refractivity contribution in [2.24, 2.45) is 0 Å². The molecule has 0 saturated heterocycles. The van der Waals surface area contributed by atoms with E-state index in [0.29, 0.717) is 13.1 Å². The zero-order valence-electron chi connectivity index (χ0n) is 9.81. The molecule has 0 aliphatic heterocycles. The molecular weight excluding hydrogens is 210 g/mol. The highest BCUT2D eigenvalue weighted by atomic mass is 16.4. The summed E-state index contributed by atoms with van der Waals surface area (Å²) in [6.45, 7) is 3.76. The number of nitrogens with zero attached hydrogens (tertiary/aromatic N) is 1. The maximum absolute atomic E-state index is 10.4. The van der Waals surface area contributed by atoms with Crippen molar-refractivity contribution < 1.29 is 19.8 Å². The van der Waals surface area contributed by atoms with Crippen LogP contribution in [-0.4, -0.2) is 46.7 Å². The van der Waals surface area contributed by atoms with Gasteiger partial charge in [0.05, 0.1) is 12.8 Å². The van der Waals surface area contributed by atoms with Gasteiger partial charge in [0.15, 0.2) is 0 Å². The van der Waals surface area contributed by atoms with E-state index in [1.807, 2.05) is 4.90 Å². The molecule has 0 aliphatic rings. The van der Waals surface area contributed by atoms with Gasteiger partial charge in [-0.2, -0.15) is 0 Å². The van der Waals surface area contributed by atoms with Gasteiger partial charge in [0.2, 0.25) is 0 Å². The molecule has 0 unspecified atom stereocenters. The number of hydrogen-bond acceptors (Lipinski definition) is 3. The lowest BCUT2D eigenvalue weighted by atomic mass is 10.2. The molecule has 16 heavy (non-hydrogen) atoms. The van der Waals surface area contributed by atoms with Crippen molar-refractivity contribution in [3.05, 3.63) is 0 Å². The summed E-state index contributed by atoms with van der Waals surface area (Å²) in [7, 11) is 0. The van der Waals surface area contributed by atoms with Crippen LogP contribution in [0.4, 0.5) is 0 Å². The first-order chi connectivity index (χ1) is 7.56. The summed E-state index contributed by atoms with van der Waals surface area (Å²) >= 11 is 0. The van der Waals surface area contributed by atoms with Crippen LogP contribution in [-0.2, 0) is 9.59 Å². The molecule has 0 amide bonds. The van der Waals surface area contributed by atoms with Crippen molar-refractivity contribution in [1.82, 2.24) is 4.90 Å². The smallest absolute Gasteiger partial charge is 0.304 e. The molecule has 0 aromatic heterocycles. The molecule has 0 aromatic carbocycles. The number of rotatable bonds is 10. The van der Waals surface area contributed by atoms with E-state index in [-0.39, 0.29) is 12.8 Å². The second kappa shape index (κ2) is 9.15. The van der Waals surface area contributed by atoms with E-state index in [1.165, 1.54) is 0 Å². The maximum Gasteiger partial charge on any atom is 0.304 e. The van der Waals surface area contributed by atoms with Gasteiger partial charge in [-0.1, -0.05) is 19.8 Å². The van der Waals surface area contributed by atoms with E-state index < -0.39 is 11.9 Å². The Balaban J connectivity index is 3.84. The minimum Gasteiger partial charge on any atom is -0.481 e. The minimum absolute atomic E-state index is 0.0751. The molecule has 0 bridgehead atoms. The topological polar surface area (TPSA) is 77.8 Å². The summed E-state index contributed by atoms with van der Waals surface area (Å²) in [5.74, 6) is -1.67. The van der Waals surface area contributed by atoms with Crippen LogP contribution in [0.25, 0.3) is 0 Å². The number of carbonyl (C=O) groups is 2. The Bertz CT molecular complexity index is 200. The van der Waals surface area contributed by atoms with Crippen molar-refractivity contribution in [2.75, 3.05) is 19.6 Å². The summed E-state index contributed by atoms with van der Waals surface area (Å²) in [5, 5.41) is 17.1. The van der Waals surface area contributed by atoms with Crippen LogP contribution in [0.5, 0.6) is 0 Å². The fourth-order valence-corrected chi connectivity index (χ4v) is 1.43. The second-order valence-electron chi connectivity index (χ2n) is 3.84. The van der Waals surface area contributed by atoms with Crippen LogP contribution >= 0.6 is 0 Å². The lowest BCUT2D eigenvalue weighted by molar-refractivity contribution is -0.137. The predicted octanol–water partition coefficient (Wildman–Crippen LogP) is 1.43. The molecule has 0 heterocycles. The van der Waals surface area contributed by atoms with Crippen molar-refractivity contribution >= 4 is 11.9 Å². The van der Waals surface area contributed by atoms with E-state index in [0.717, 1.165) is 25.8 Å². The van der Waals surface area contributed by atoms with Crippen molar-refractivity contribution in [3.8, 4) is 0 Å². The van der Waals surface area contributed by atoms with Crippen molar-refractivity contribution in [2.45, 2.75) is 39.0 Å². The molecule has 5 nitrogen and oxygen atoms in total. The third kappa shape index (κ3) is 9.45. The summed E-state index contributed by atoms with van der Waals surface area (Å²) < 4.78 is 0. The zero-order valence-corrected chi connectivity index (χ0v) is 9.81. The summed E-state index contributed by atoms with van der Waals surface area (Å²) in [6, 6.07) is 0. The van der Waals surface area contributed by atoms with Crippen LogP contribution in [0.1, 0.15) is 39.0 Å². The fourth-order valence-electron chi connectivity index (χ4n) is 1.43. The largest absolute Gasteiger partial charge is 0.481 e. The first kappa shape index (κ1) is 14.9. The zero-order chi connectivity index (χ0) is 12.4. The van der Waals surface area contributed by atoms with Gasteiger partial charge in [-0.3, -0.25) is 9.59 Å². The number of aliphatic carboxylic acids is 2. The highest BCUT2D eigenvalue weighted by Gasteiger charge is 2.08. The number of carboxylic acids is 2. The molecule has 0 aliphatic carbocycles. The third-order valence-corrected chi connectivity index (χ3v) is 2.36.